The summed E-state index contributed by atoms with van der Waals surface area (Å²) >= 11 is 3.34. The third-order valence-electron chi connectivity index (χ3n) is 2.86. The van der Waals surface area contributed by atoms with E-state index in [0.29, 0.717) is 6.42 Å². The van der Waals surface area contributed by atoms with Crippen LogP contribution in [0.15, 0.2) is 28.7 Å². The van der Waals surface area contributed by atoms with Gasteiger partial charge >= 0.3 is 5.97 Å². The summed E-state index contributed by atoms with van der Waals surface area (Å²) in [5.41, 5.74) is -0.0450. The summed E-state index contributed by atoms with van der Waals surface area (Å²) < 4.78 is 0.963. The van der Waals surface area contributed by atoms with E-state index in [9.17, 15) is 9.90 Å². The average molecular weight is 270 g/mol. The van der Waals surface area contributed by atoms with Gasteiger partial charge in [0.25, 0.3) is 0 Å². The smallest absolute Gasteiger partial charge is 0.328 e. The number of hydrogen-bond acceptors (Lipinski definition) is 2. The van der Waals surface area contributed by atoms with E-state index in [1.165, 1.54) is 0 Å². The first-order valence-corrected chi connectivity index (χ1v) is 5.69. The Morgan fingerprint density at radius 1 is 1.40 bits per heavy atom. The Kier molecular flexibility index (Phi) is 2.80. The minimum Gasteiger partial charge on any atom is -0.480 e. The van der Waals surface area contributed by atoms with E-state index < -0.39 is 11.5 Å². The molecule has 1 aromatic rings. The van der Waals surface area contributed by atoms with Gasteiger partial charge in [-0.3, -0.25) is 5.32 Å². The minimum absolute atomic E-state index is 0.657. The highest BCUT2D eigenvalue weighted by Crippen LogP contribution is 2.31. The van der Waals surface area contributed by atoms with Crippen molar-refractivity contribution in [2.45, 2.75) is 18.4 Å². The highest BCUT2D eigenvalue weighted by molar-refractivity contribution is 9.10. The van der Waals surface area contributed by atoms with Crippen molar-refractivity contribution in [1.82, 2.24) is 5.32 Å². The molecule has 1 unspecified atom stereocenters. The maximum Gasteiger partial charge on any atom is 0.328 e. The zero-order valence-corrected chi connectivity index (χ0v) is 9.75. The number of nitrogens with one attached hydrogen (secondary N) is 1. The van der Waals surface area contributed by atoms with Gasteiger partial charge in [-0.15, -0.1) is 0 Å². The van der Waals surface area contributed by atoms with Crippen LogP contribution in [0.3, 0.4) is 0 Å². The number of halogens is 1. The summed E-state index contributed by atoms with van der Waals surface area (Å²) in [6.07, 6.45) is 1.56. The van der Waals surface area contributed by atoms with E-state index >= 15 is 0 Å². The van der Waals surface area contributed by atoms with Gasteiger partial charge in [-0.2, -0.15) is 0 Å². The van der Waals surface area contributed by atoms with E-state index in [1.807, 2.05) is 24.3 Å². The predicted molar refractivity (Wildman–Crippen MR) is 60.7 cm³/mol. The standard InChI is InChI=1S/C11H12BrNO2/c12-9-4-2-8(3-5-9)11(10(14)15)6-1-7-13-11/h2-5,13H,1,6-7H2,(H,14,15). The van der Waals surface area contributed by atoms with Gasteiger partial charge in [0.15, 0.2) is 0 Å². The van der Waals surface area contributed by atoms with Crippen LogP contribution < -0.4 is 5.32 Å². The maximum absolute atomic E-state index is 11.3. The molecule has 0 amide bonds. The molecule has 3 nitrogen and oxygen atoms in total. The van der Waals surface area contributed by atoms with Gasteiger partial charge in [-0.05, 0) is 37.1 Å². The molecule has 1 fully saturated rings. The van der Waals surface area contributed by atoms with Crippen LogP contribution in [0.1, 0.15) is 18.4 Å². The highest BCUT2D eigenvalue weighted by atomic mass is 79.9. The van der Waals surface area contributed by atoms with Crippen LogP contribution in [-0.4, -0.2) is 17.6 Å². The third-order valence-corrected chi connectivity index (χ3v) is 3.39. The van der Waals surface area contributed by atoms with Gasteiger partial charge in [0.1, 0.15) is 5.54 Å². The molecule has 0 aliphatic carbocycles. The van der Waals surface area contributed by atoms with Crippen LogP contribution in [0.25, 0.3) is 0 Å². The Hall–Kier alpha value is -0.870. The number of carboxylic acid groups (broad SMARTS) is 1. The van der Waals surface area contributed by atoms with Crippen molar-refractivity contribution in [1.29, 1.82) is 0 Å². The number of carbonyl (C=O) groups is 1. The van der Waals surface area contributed by atoms with Gasteiger partial charge < -0.3 is 5.11 Å². The van der Waals surface area contributed by atoms with Crippen molar-refractivity contribution in [3.05, 3.63) is 34.3 Å². The molecule has 4 heteroatoms. The van der Waals surface area contributed by atoms with E-state index in [-0.39, 0.29) is 0 Å². The van der Waals surface area contributed by atoms with Crippen molar-refractivity contribution in [2.24, 2.45) is 0 Å². The molecule has 0 aromatic heterocycles. The quantitative estimate of drug-likeness (QED) is 0.865. The number of aliphatic carboxylic acids is 1. The highest BCUT2D eigenvalue weighted by Gasteiger charge is 2.42. The molecule has 1 heterocycles. The molecule has 15 heavy (non-hydrogen) atoms. The fourth-order valence-corrected chi connectivity index (χ4v) is 2.29. The van der Waals surface area contributed by atoms with Gasteiger partial charge in [-0.25, -0.2) is 4.79 Å². The molecule has 1 aliphatic rings. The van der Waals surface area contributed by atoms with Gasteiger partial charge in [-0.1, -0.05) is 28.1 Å². The minimum atomic E-state index is -0.874. The van der Waals surface area contributed by atoms with Crippen LogP contribution in [0, 0.1) is 0 Å². The van der Waals surface area contributed by atoms with Crippen molar-refractivity contribution in [2.75, 3.05) is 6.54 Å². The molecule has 1 aliphatic heterocycles. The van der Waals surface area contributed by atoms with Crippen LogP contribution in [-0.2, 0) is 10.3 Å². The van der Waals surface area contributed by atoms with Crippen LogP contribution in [0.4, 0.5) is 0 Å². The number of rotatable bonds is 2. The molecule has 1 saturated heterocycles. The summed E-state index contributed by atoms with van der Waals surface area (Å²) in [4.78, 5) is 11.3. The Balaban J connectivity index is 2.41. The van der Waals surface area contributed by atoms with Crippen molar-refractivity contribution in [3.8, 4) is 0 Å². The SMILES string of the molecule is O=C(O)C1(c2ccc(Br)cc2)CCCN1. The summed E-state index contributed by atoms with van der Waals surface area (Å²) in [7, 11) is 0. The molecule has 0 bridgehead atoms. The second-order valence-corrected chi connectivity index (χ2v) is 4.66. The summed E-state index contributed by atoms with van der Waals surface area (Å²) in [5, 5.41) is 12.4. The monoisotopic (exact) mass is 269 g/mol. The summed E-state index contributed by atoms with van der Waals surface area (Å²) in [5.74, 6) is -0.790. The largest absolute Gasteiger partial charge is 0.480 e. The lowest BCUT2D eigenvalue weighted by atomic mass is 9.88. The van der Waals surface area contributed by atoms with Crippen molar-refractivity contribution >= 4 is 21.9 Å². The lowest BCUT2D eigenvalue weighted by Crippen LogP contribution is -2.44. The zero-order chi connectivity index (χ0) is 10.9. The molecule has 2 rings (SSSR count). The molecule has 0 saturated carbocycles. The van der Waals surface area contributed by atoms with Crippen LogP contribution >= 0.6 is 15.9 Å². The van der Waals surface area contributed by atoms with Gasteiger partial charge in [0.2, 0.25) is 0 Å². The van der Waals surface area contributed by atoms with Crippen molar-refractivity contribution < 1.29 is 9.90 Å². The molecule has 0 radical (unpaired) electrons. The second kappa shape index (κ2) is 3.94. The van der Waals surface area contributed by atoms with E-state index in [4.69, 9.17) is 0 Å². The van der Waals surface area contributed by atoms with Gasteiger partial charge in [0, 0.05) is 4.47 Å². The van der Waals surface area contributed by atoms with E-state index in [2.05, 4.69) is 21.2 Å². The van der Waals surface area contributed by atoms with E-state index in [1.54, 1.807) is 0 Å². The average Bonchev–Trinajstić information content (AvgIpc) is 2.69. The molecular formula is C11H12BrNO2. The predicted octanol–water partition coefficient (Wildman–Crippen LogP) is 2.11. The second-order valence-electron chi connectivity index (χ2n) is 3.75. The van der Waals surface area contributed by atoms with E-state index in [0.717, 1.165) is 23.0 Å². The summed E-state index contributed by atoms with van der Waals surface area (Å²) in [6, 6.07) is 7.47. The first-order chi connectivity index (χ1) is 7.15. The first-order valence-electron chi connectivity index (χ1n) is 4.90. The first kappa shape index (κ1) is 10.6. The normalized spacial score (nSPS) is 25.4. The fourth-order valence-electron chi connectivity index (χ4n) is 2.03. The third kappa shape index (κ3) is 1.79. The molecule has 80 valence electrons. The topological polar surface area (TPSA) is 49.3 Å². The zero-order valence-electron chi connectivity index (χ0n) is 8.16. The van der Waals surface area contributed by atoms with Crippen LogP contribution in [0.5, 0.6) is 0 Å². The Morgan fingerprint density at radius 3 is 2.53 bits per heavy atom. The molecule has 0 spiro atoms. The Morgan fingerprint density at radius 2 is 2.07 bits per heavy atom. The van der Waals surface area contributed by atoms with Gasteiger partial charge in [0.05, 0.1) is 0 Å². The van der Waals surface area contributed by atoms with Crippen molar-refractivity contribution in [3.63, 3.8) is 0 Å². The fraction of sp³-hybridized carbons (Fsp3) is 0.364. The molecule has 1 atom stereocenters. The number of benzene rings is 1. The maximum atomic E-state index is 11.3. The lowest BCUT2D eigenvalue weighted by molar-refractivity contribution is -0.144. The number of carboxylic acids is 1. The molecule has 1 aromatic carbocycles. The molecule has 2 N–H and O–H groups in total. The Labute approximate surface area is 96.6 Å². The Bertz CT molecular complexity index is 369. The molecular weight excluding hydrogens is 258 g/mol. The summed E-state index contributed by atoms with van der Waals surface area (Å²) in [6.45, 7) is 0.766. The number of hydrogen-bond donors (Lipinski definition) is 2. The lowest BCUT2D eigenvalue weighted by Gasteiger charge is -2.24. The van der Waals surface area contributed by atoms with Crippen LogP contribution in [0.2, 0.25) is 0 Å².